The Balaban J connectivity index is 1.79. The fourth-order valence-electron chi connectivity index (χ4n) is 2.29. The molecule has 27 heavy (non-hydrogen) atoms. The number of nitrogens with one attached hydrogen (secondary N) is 1. The number of carbonyl (C=O) groups excluding carboxylic acids is 1. The van der Waals surface area contributed by atoms with Gasteiger partial charge in [0.15, 0.2) is 6.61 Å². The van der Waals surface area contributed by atoms with Crippen LogP contribution < -0.4 is 14.8 Å². The molecular formula is C20H22F3NO3. The van der Waals surface area contributed by atoms with E-state index in [9.17, 15) is 18.0 Å². The van der Waals surface area contributed by atoms with Gasteiger partial charge in [-0.3, -0.25) is 4.79 Å². The van der Waals surface area contributed by atoms with Gasteiger partial charge in [0.25, 0.3) is 5.91 Å². The van der Waals surface area contributed by atoms with Gasteiger partial charge in [-0.1, -0.05) is 12.1 Å². The Kier molecular flexibility index (Phi) is 6.71. The Hall–Kier alpha value is -2.70. The molecule has 0 bridgehead atoms. The first-order valence-corrected chi connectivity index (χ1v) is 8.44. The normalized spacial score (nSPS) is 12.4. The molecule has 1 atom stereocenters. The summed E-state index contributed by atoms with van der Waals surface area (Å²) in [6.45, 7) is 5.64. The quantitative estimate of drug-likeness (QED) is 0.779. The van der Waals surface area contributed by atoms with Gasteiger partial charge in [-0.25, -0.2) is 0 Å². The van der Waals surface area contributed by atoms with E-state index in [1.54, 1.807) is 6.92 Å². The molecule has 0 spiro atoms. The van der Waals surface area contributed by atoms with Crippen LogP contribution in [0.25, 0.3) is 0 Å². The summed E-state index contributed by atoms with van der Waals surface area (Å²) in [5.41, 5.74) is 1.45. The van der Waals surface area contributed by atoms with Crippen LogP contribution in [0.1, 0.15) is 23.6 Å². The second kappa shape index (κ2) is 8.79. The zero-order valence-electron chi connectivity index (χ0n) is 15.4. The van der Waals surface area contributed by atoms with Gasteiger partial charge in [-0.15, -0.1) is 0 Å². The topological polar surface area (TPSA) is 47.6 Å². The van der Waals surface area contributed by atoms with E-state index in [0.717, 1.165) is 23.3 Å². The van der Waals surface area contributed by atoms with Crippen molar-refractivity contribution in [1.29, 1.82) is 0 Å². The van der Waals surface area contributed by atoms with Crippen LogP contribution in [0.2, 0.25) is 0 Å². The summed E-state index contributed by atoms with van der Waals surface area (Å²) in [5.74, 6) is 0.252. The summed E-state index contributed by atoms with van der Waals surface area (Å²) in [6, 6.07) is 9.85. The van der Waals surface area contributed by atoms with Gasteiger partial charge in [0, 0.05) is 0 Å². The van der Waals surface area contributed by atoms with Crippen LogP contribution in [-0.4, -0.2) is 25.2 Å². The fourth-order valence-corrected chi connectivity index (χ4v) is 2.29. The first-order chi connectivity index (χ1) is 12.6. The van der Waals surface area contributed by atoms with E-state index in [0.29, 0.717) is 5.75 Å². The Morgan fingerprint density at radius 2 is 1.74 bits per heavy atom. The number of aryl methyl sites for hydroxylation is 2. The number of carbonyl (C=O) groups is 1. The molecule has 7 heteroatoms. The SMILES string of the molecule is Cc1ccc(OC[C@@H](C)NC(=O)COc2cccc(C(F)(F)F)c2)cc1C. The number of ether oxygens (including phenoxy) is 2. The van der Waals surface area contributed by atoms with E-state index < -0.39 is 17.6 Å². The van der Waals surface area contributed by atoms with E-state index in [4.69, 9.17) is 9.47 Å². The minimum atomic E-state index is -4.46. The maximum Gasteiger partial charge on any atom is 0.416 e. The molecule has 0 unspecified atom stereocenters. The van der Waals surface area contributed by atoms with Crippen LogP contribution in [0, 0.1) is 13.8 Å². The second-order valence-corrected chi connectivity index (χ2v) is 6.34. The summed E-state index contributed by atoms with van der Waals surface area (Å²) in [7, 11) is 0. The maximum absolute atomic E-state index is 12.7. The molecule has 1 amide bonds. The third kappa shape index (κ3) is 6.51. The number of halogens is 3. The Morgan fingerprint density at radius 1 is 1.04 bits per heavy atom. The molecule has 4 nitrogen and oxygen atoms in total. The van der Waals surface area contributed by atoms with Crippen molar-refractivity contribution in [2.24, 2.45) is 0 Å². The third-order valence-corrected chi connectivity index (χ3v) is 3.92. The molecule has 0 heterocycles. The molecule has 0 aliphatic carbocycles. The van der Waals surface area contributed by atoms with Crippen LogP contribution in [0.5, 0.6) is 11.5 Å². The van der Waals surface area contributed by atoms with Crippen LogP contribution in [0.4, 0.5) is 13.2 Å². The van der Waals surface area contributed by atoms with Crippen LogP contribution in [0.15, 0.2) is 42.5 Å². The molecule has 0 aliphatic rings. The van der Waals surface area contributed by atoms with Crippen molar-refractivity contribution in [2.75, 3.05) is 13.2 Å². The van der Waals surface area contributed by atoms with Crippen molar-refractivity contribution >= 4 is 5.91 Å². The van der Waals surface area contributed by atoms with E-state index >= 15 is 0 Å². The molecule has 0 fully saturated rings. The van der Waals surface area contributed by atoms with Gasteiger partial charge in [0.2, 0.25) is 0 Å². The lowest BCUT2D eigenvalue weighted by Crippen LogP contribution is -2.39. The van der Waals surface area contributed by atoms with Crippen LogP contribution in [-0.2, 0) is 11.0 Å². The molecule has 146 valence electrons. The van der Waals surface area contributed by atoms with Crippen molar-refractivity contribution in [3.63, 3.8) is 0 Å². The molecule has 2 aromatic carbocycles. The minimum absolute atomic E-state index is 0.0148. The summed E-state index contributed by atoms with van der Waals surface area (Å²) >= 11 is 0. The molecular weight excluding hydrogens is 359 g/mol. The summed E-state index contributed by atoms with van der Waals surface area (Å²) in [6.07, 6.45) is -4.46. The molecule has 0 saturated carbocycles. The average molecular weight is 381 g/mol. The zero-order valence-corrected chi connectivity index (χ0v) is 15.4. The molecule has 0 saturated heterocycles. The lowest BCUT2D eigenvalue weighted by atomic mass is 10.1. The Bertz CT molecular complexity index is 790. The highest BCUT2D eigenvalue weighted by Crippen LogP contribution is 2.31. The molecule has 2 rings (SSSR count). The van der Waals surface area contributed by atoms with Gasteiger partial charge >= 0.3 is 6.18 Å². The molecule has 0 aromatic heterocycles. The zero-order chi connectivity index (χ0) is 20.0. The number of rotatable bonds is 7. The van der Waals surface area contributed by atoms with E-state index in [-0.39, 0.29) is 25.0 Å². The van der Waals surface area contributed by atoms with Crippen molar-refractivity contribution < 1.29 is 27.4 Å². The summed E-state index contributed by atoms with van der Waals surface area (Å²) in [4.78, 5) is 11.9. The molecule has 1 N–H and O–H groups in total. The number of alkyl halides is 3. The van der Waals surface area contributed by atoms with Crippen molar-refractivity contribution in [3.8, 4) is 11.5 Å². The predicted molar refractivity (Wildman–Crippen MR) is 96.0 cm³/mol. The second-order valence-electron chi connectivity index (χ2n) is 6.34. The first kappa shape index (κ1) is 20.6. The van der Waals surface area contributed by atoms with E-state index in [1.165, 1.54) is 12.1 Å². The van der Waals surface area contributed by atoms with Gasteiger partial charge in [0.05, 0.1) is 11.6 Å². The standard InChI is InChI=1S/C20H22F3NO3/c1-13-7-8-18(9-14(13)2)26-11-15(3)24-19(25)12-27-17-6-4-5-16(10-17)20(21,22)23/h4-10,15H,11-12H2,1-3H3,(H,24,25)/t15-/m1/s1. The van der Waals surface area contributed by atoms with Crippen LogP contribution >= 0.6 is 0 Å². The lowest BCUT2D eigenvalue weighted by molar-refractivity contribution is -0.137. The van der Waals surface area contributed by atoms with Crippen molar-refractivity contribution in [3.05, 3.63) is 59.2 Å². The Morgan fingerprint density at radius 3 is 2.41 bits per heavy atom. The molecule has 0 aliphatic heterocycles. The average Bonchev–Trinajstić information content (AvgIpc) is 2.60. The smallest absolute Gasteiger partial charge is 0.416 e. The highest BCUT2D eigenvalue weighted by Gasteiger charge is 2.30. The Labute approximate surface area is 156 Å². The third-order valence-electron chi connectivity index (χ3n) is 3.92. The highest BCUT2D eigenvalue weighted by molar-refractivity contribution is 5.77. The van der Waals surface area contributed by atoms with Crippen LogP contribution in [0.3, 0.4) is 0 Å². The monoisotopic (exact) mass is 381 g/mol. The van der Waals surface area contributed by atoms with Gasteiger partial charge in [-0.2, -0.15) is 13.2 Å². The summed E-state index contributed by atoms with van der Waals surface area (Å²) < 4.78 is 48.8. The minimum Gasteiger partial charge on any atom is -0.491 e. The number of amides is 1. The van der Waals surface area contributed by atoms with E-state index in [2.05, 4.69) is 5.32 Å². The van der Waals surface area contributed by atoms with Gasteiger partial charge in [0.1, 0.15) is 18.1 Å². The predicted octanol–water partition coefficient (Wildman–Crippen LogP) is 4.28. The van der Waals surface area contributed by atoms with Gasteiger partial charge in [-0.05, 0) is 62.2 Å². The number of hydrogen-bond acceptors (Lipinski definition) is 3. The lowest BCUT2D eigenvalue weighted by Gasteiger charge is -2.16. The van der Waals surface area contributed by atoms with E-state index in [1.807, 2.05) is 32.0 Å². The van der Waals surface area contributed by atoms with Crippen molar-refractivity contribution in [1.82, 2.24) is 5.32 Å². The molecule has 2 aromatic rings. The largest absolute Gasteiger partial charge is 0.491 e. The molecule has 0 radical (unpaired) electrons. The maximum atomic E-state index is 12.7. The number of benzene rings is 2. The highest BCUT2D eigenvalue weighted by atomic mass is 19.4. The first-order valence-electron chi connectivity index (χ1n) is 8.44. The summed E-state index contributed by atoms with van der Waals surface area (Å²) in [5, 5.41) is 2.68. The number of hydrogen-bond donors (Lipinski definition) is 1. The fraction of sp³-hybridized carbons (Fsp3) is 0.350. The van der Waals surface area contributed by atoms with Crippen molar-refractivity contribution in [2.45, 2.75) is 33.0 Å². The van der Waals surface area contributed by atoms with Gasteiger partial charge < -0.3 is 14.8 Å².